The van der Waals surface area contributed by atoms with E-state index in [4.69, 9.17) is 9.47 Å². The Balaban J connectivity index is 2.75. The van der Waals surface area contributed by atoms with Crippen LogP contribution in [0.2, 0.25) is 0 Å². The monoisotopic (exact) mass is 237 g/mol. The standard InChI is InChI=1S/C13H19NO3/c1-4-10(9-16-2)14-13(15)11-7-5-6-8-12(11)17-3/h5-8,10H,4,9H2,1-3H3,(H,14,15)/t10-/m0/s1. The van der Waals surface area contributed by atoms with Crippen molar-refractivity contribution in [3.05, 3.63) is 29.8 Å². The number of rotatable bonds is 6. The van der Waals surface area contributed by atoms with Gasteiger partial charge in [-0.3, -0.25) is 4.79 Å². The van der Waals surface area contributed by atoms with Crippen molar-refractivity contribution in [2.45, 2.75) is 19.4 Å². The van der Waals surface area contributed by atoms with Crippen molar-refractivity contribution >= 4 is 5.91 Å². The number of nitrogens with one attached hydrogen (secondary N) is 1. The average Bonchev–Trinajstić information content (AvgIpc) is 2.38. The van der Waals surface area contributed by atoms with Gasteiger partial charge in [0.1, 0.15) is 5.75 Å². The summed E-state index contributed by atoms with van der Waals surface area (Å²) in [5, 5.41) is 2.91. The molecule has 1 atom stereocenters. The van der Waals surface area contributed by atoms with Gasteiger partial charge in [-0.15, -0.1) is 0 Å². The van der Waals surface area contributed by atoms with Crippen LogP contribution in [-0.2, 0) is 4.74 Å². The highest BCUT2D eigenvalue weighted by atomic mass is 16.5. The zero-order valence-electron chi connectivity index (χ0n) is 10.5. The molecule has 1 rings (SSSR count). The van der Waals surface area contributed by atoms with Crippen LogP contribution in [0.5, 0.6) is 5.75 Å². The van der Waals surface area contributed by atoms with E-state index in [0.717, 1.165) is 6.42 Å². The zero-order valence-corrected chi connectivity index (χ0v) is 10.5. The molecule has 4 nitrogen and oxygen atoms in total. The average molecular weight is 237 g/mol. The van der Waals surface area contributed by atoms with Crippen molar-refractivity contribution in [3.63, 3.8) is 0 Å². The van der Waals surface area contributed by atoms with Gasteiger partial charge in [-0.25, -0.2) is 0 Å². The third kappa shape index (κ3) is 3.75. The number of hydrogen-bond acceptors (Lipinski definition) is 3. The van der Waals surface area contributed by atoms with E-state index in [0.29, 0.717) is 17.9 Å². The van der Waals surface area contributed by atoms with Gasteiger partial charge < -0.3 is 14.8 Å². The number of amides is 1. The Labute approximate surface area is 102 Å². The molecule has 0 unspecified atom stereocenters. The fourth-order valence-corrected chi connectivity index (χ4v) is 1.56. The van der Waals surface area contributed by atoms with Crippen LogP contribution in [-0.4, -0.2) is 32.8 Å². The maximum atomic E-state index is 12.0. The molecule has 1 amide bonds. The Morgan fingerprint density at radius 2 is 2.06 bits per heavy atom. The number of hydrogen-bond donors (Lipinski definition) is 1. The molecule has 1 aromatic carbocycles. The fourth-order valence-electron chi connectivity index (χ4n) is 1.56. The molecule has 0 bridgehead atoms. The second-order valence-corrected chi connectivity index (χ2v) is 3.73. The van der Waals surface area contributed by atoms with Crippen molar-refractivity contribution in [3.8, 4) is 5.75 Å². The van der Waals surface area contributed by atoms with E-state index in [1.54, 1.807) is 26.4 Å². The van der Waals surface area contributed by atoms with Crippen LogP contribution in [0.4, 0.5) is 0 Å². The van der Waals surface area contributed by atoms with Crippen molar-refractivity contribution in [1.82, 2.24) is 5.32 Å². The molecular formula is C13H19NO3. The van der Waals surface area contributed by atoms with Gasteiger partial charge in [-0.05, 0) is 18.6 Å². The Kier molecular flexibility index (Phi) is 5.49. The highest BCUT2D eigenvalue weighted by Gasteiger charge is 2.15. The summed E-state index contributed by atoms with van der Waals surface area (Å²) in [6, 6.07) is 7.19. The molecule has 0 saturated heterocycles. The minimum absolute atomic E-state index is 0.0254. The smallest absolute Gasteiger partial charge is 0.255 e. The summed E-state index contributed by atoms with van der Waals surface area (Å²) < 4.78 is 10.2. The third-order valence-corrected chi connectivity index (χ3v) is 2.55. The van der Waals surface area contributed by atoms with Crippen molar-refractivity contribution in [2.24, 2.45) is 0 Å². The van der Waals surface area contributed by atoms with Gasteiger partial charge in [0.05, 0.1) is 25.3 Å². The summed E-state index contributed by atoms with van der Waals surface area (Å²) in [4.78, 5) is 12.0. The van der Waals surface area contributed by atoms with Gasteiger partial charge in [0.25, 0.3) is 5.91 Å². The highest BCUT2D eigenvalue weighted by molar-refractivity contribution is 5.97. The zero-order chi connectivity index (χ0) is 12.7. The molecule has 1 aromatic rings. The molecule has 0 radical (unpaired) electrons. The molecule has 17 heavy (non-hydrogen) atoms. The molecule has 94 valence electrons. The van der Waals surface area contributed by atoms with E-state index in [-0.39, 0.29) is 11.9 Å². The number of ether oxygens (including phenoxy) is 2. The lowest BCUT2D eigenvalue weighted by atomic mass is 10.1. The Morgan fingerprint density at radius 1 is 1.35 bits per heavy atom. The Hall–Kier alpha value is -1.55. The molecule has 0 aromatic heterocycles. The quantitative estimate of drug-likeness (QED) is 0.821. The second-order valence-electron chi connectivity index (χ2n) is 3.73. The SMILES string of the molecule is CC[C@@H](COC)NC(=O)c1ccccc1OC. The van der Waals surface area contributed by atoms with Crippen LogP contribution in [0.15, 0.2) is 24.3 Å². The van der Waals surface area contributed by atoms with E-state index in [9.17, 15) is 4.79 Å². The van der Waals surface area contributed by atoms with Gasteiger partial charge in [0.2, 0.25) is 0 Å². The number of methoxy groups -OCH3 is 2. The largest absolute Gasteiger partial charge is 0.496 e. The normalized spacial score (nSPS) is 11.9. The Bertz CT molecular complexity index is 365. The van der Waals surface area contributed by atoms with E-state index < -0.39 is 0 Å². The van der Waals surface area contributed by atoms with E-state index >= 15 is 0 Å². The van der Waals surface area contributed by atoms with Gasteiger partial charge >= 0.3 is 0 Å². The number of carbonyl (C=O) groups excluding carboxylic acids is 1. The summed E-state index contributed by atoms with van der Waals surface area (Å²) in [7, 11) is 3.18. The molecule has 0 saturated carbocycles. The van der Waals surface area contributed by atoms with E-state index in [2.05, 4.69) is 5.32 Å². The fraction of sp³-hybridized carbons (Fsp3) is 0.462. The predicted octanol–water partition coefficient (Wildman–Crippen LogP) is 1.85. The maximum Gasteiger partial charge on any atom is 0.255 e. The van der Waals surface area contributed by atoms with Gasteiger partial charge in [0, 0.05) is 7.11 Å². The number of carbonyl (C=O) groups is 1. The molecule has 0 heterocycles. The summed E-state index contributed by atoms with van der Waals surface area (Å²) >= 11 is 0. The lowest BCUT2D eigenvalue weighted by molar-refractivity contribution is 0.0891. The third-order valence-electron chi connectivity index (χ3n) is 2.55. The number of para-hydroxylation sites is 1. The number of benzene rings is 1. The first-order valence-electron chi connectivity index (χ1n) is 5.65. The minimum Gasteiger partial charge on any atom is -0.496 e. The Morgan fingerprint density at radius 3 is 2.65 bits per heavy atom. The van der Waals surface area contributed by atoms with Crippen LogP contribution in [0.1, 0.15) is 23.7 Å². The van der Waals surface area contributed by atoms with Crippen molar-refractivity contribution < 1.29 is 14.3 Å². The van der Waals surface area contributed by atoms with Crippen LogP contribution in [0.25, 0.3) is 0 Å². The molecule has 1 N–H and O–H groups in total. The van der Waals surface area contributed by atoms with E-state index in [1.807, 2.05) is 19.1 Å². The van der Waals surface area contributed by atoms with Crippen molar-refractivity contribution in [1.29, 1.82) is 0 Å². The summed E-state index contributed by atoms with van der Waals surface area (Å²) in [5.74, 6) is 0.448. The molecule has 0 fully saturated rings. The lowest BCUT2D eigenvalue weighted by Crippen LogP contribution is -2.37. The molecule has 0 aliphatic heterocycles. The molecule has 0 aliphatic rings. The first kappa shape index (κ1) is 13.5. The molecule has 0 aliphatic carbocycles. The van der Waals surface area contributed by atoms with Gasteiger partial charge in [-0.1, -0.05) is 19.1 Å². The first-order chi connectivity index (χ1) is 8.22. The highest BCUT2D eigenvalue weighted by Crippen LogP contribution is 2.17. The van der Waals surface area contributed by atoms with Crippen LogP contribution in [0.3, 0.4) is 0 Å². The first-order valence-corrected chi connectivity index (χ1v) is 5.65. The predicted molar refractivity (Wildman–Crippen MR) is 66.4 cm³/mol. The minimum atomic E-state index is -0.133. The van der Waals surface area contributed by atoms with Crippen LogP contribution < -0.4 is 10.1 Å². The summed E-state index contributed by atoms with van der Waals surface area (Å²) in [5.41, 5.74) is 0.546. The molecular weight excluding hydrogens is 218 g/mol. The summed E-state index contributed by atoms with van der Waals surface area (Å²) in [6.07, 6.45) is 0.828. The van der Waals surface area contributed by atoms with E-state index in [1.165, 1.54) is 0 Å². The summed E-state index contributed by atoms with van der Waals surface area (Å²) in [6.45, 7) is 2.52. The van der Waals surface area contributed by atoms with Crippen LogP contribution >= 0.6 is 0 Å². The lowest BCUT2D eigenvalue weighted by Gasteiger charge is -2.16. The van der Waals surface area contributed by atoms with Gasteiger partial charge in [-0.2, -0.15) is 0 Å². The van der Waals surface area contributed by atoms with Crippen molar-refractivity contribution in [2.75, 3.05) is 20.8 Å². The van der Waals surface area contributed by atoms with Gasteiger partial charge in [0.15, 0.2) is 0 Å². The van der Waals surface area contributed by atoms with Crippen LogP contribution in [0, 0.1) is 0 Å². The molecule has 4 heteroatoms. The molecule has 0 spiro atoms. The topological polar surface area (TPSA) is 47.6 Å². The maximum absolute atomic E-state index is 12.0. The second kappa shape index (κ2) is 6.91.